The summed E-state index contributed by atoms with van der Waals surface area (Å²) in [5.74, 6) is 1.09. The Labute approximate surface area is 150 Å². The first-order chi connectivity index (χ1) is 11.2. The summed E-state index contributed by atoms with van der Waals surface area (Å²) in [4.78, 5) is 11.3. The van der Waals surface area contributed by atoms with E-state index < -0.39 is 18.3 Å². The molecule has 24 heavy (non-hydrogen) atoms. The molecule has 0 N–H and O–H groups in total. The summed E-state index contributed by atoms with van der Waals surface area (Å²) in [6.07, 6.45) is 2.76. The van der Waals surface area contributed by atoms with Crippen molar-refractivity contribution in [2.45, 2.75) is 45.8 Å². The van der Waals surface area contributed by atoms with Gasteiger partial charge in [0.25, 0.3) is 0 Å². The Kier molecular flexibility index (Phi) is 5.84. The molecule has 0 amide bonds. The largest absolute Gasteiger partial charge is 0.493 e. The number of aldehydes is 1. The van der Waals surface area contributed by atoms with Gasteiger partial charge < -0.3 is 14.0 Å². The lowest BCUT2D eigenvalue weighted by Gasteiger charge is -2.32. The summed E-state index contributed by atoms with van der Waals surface area (Å²) >= 11 is 4.41. The molecule has 1 heterocycles. The quantitative estimate of drug-likeness (QED) is 0.482. The maximum absolute atomic E-state index is 11.3. The van der Waals surface area contributed by atoms with E-state index in [4.69, 9.17) is 14.0 Å². The van der Waals surface area contributed by atoms with Crippen molar-refractivity contribution in [3.63, 3.8) is 0 Å². The van der Waals surface area contributed by atoms with E-state index in [1.54, 1.807) is 12.1 Å². The number of hydrogen-bond acceptors (Lipinski definition) is 5. The van der Waals surface area contributed by atoms with Crippen molar-refractivity contribution in [3.05, 3.63) is 34.8 Å². The molecule has 1 saturated heterocycles. The lowest BCUT2D eigenvalue weighted by Crippen LogP contribution is -2.41. The first-order valence-electron chi connectivity index (χ1n) is 8.13. The van der Waals surface area contributed by atoms with E-state index in [2.05, 4.69) is 12.6 Å². The summed E-state index contributed by atoms with van der Waals surface area (Å²) in [6.45, 7) is 10.5. The fraction of sp³-hybridized carbons (Fsp3) is 0.500. The number of hydrogen-bond donors (Lipinski definition) is 1. The molecule has 1 aliphatic rings. The van der Waals surface area contributed by atoms with Gasteiger partial charge in [0.2, 0.25) is 0 Å². The van der Waals surface area contributed by atoms with Crippen molar-refractivity contribution in [2.75, 3.05) is 12.4 Å². The standard InChI is InChI=1S/C18H25BO4S/c1-6-21-16-8-7-13(9-14(16)11-20)10-15(12-24)19-22-17(2,3)18(4,5)23-19/h7-11,24H,6,12H2,1-5H3. The third-order valence-corrected chi connectivity index (χ3v) is 4.92. The average Bonchev–Trinajstić information content (AvgIpc) is 2.74. The zero-order valence-corrected chi connectivity index (χ0v) is 15.9. The van der Waals surface area contributed by atoms with Crippen LogP contribution < -0.4 is 4.74 Å². The molecule has 1 aromatic rings. The van der Waals surface area contributed by atoms with E-state index in [1.807, 2.05) is 46.8 Å². The van der Waals surface area contributed by atoms with Crippen molar-refractivity contribution in [2.24, 2.45) is 0 Å². The van der Waals surface area contributed by atoms with E-state index in [9.17, 15) is 4.79 Å². The number of ether oxygens (including phenoxy) is 1. The number of carbonyl (C=O) groups excluding carboxylic acids is 1. The Morgan fingerprint density at radius 3 is 2.38 bits per heavy atom. The van der Waals surface area contributed by atoms with Crippen molar-refractivity contribution >= 4 is 32.1 Å². The second kappa shape index (κ2) is 7.34. The highest BCUT2D eigenvalue weighted by atomic mass is 32.1. The SMILES string of the molecule is CCOc1ccc(C=C(CS)B2OC(C)(C)C(C)(C)O2)cc1C=O. The zero-order valence-electron chi connectivity index (χ0n) is 15.0. The Morgan fingerprint density at radius 2 is 1.88 bits per heavy atom. The average molecular weight is 348 g/mol. The Hall–Kier alpha value is -1.24. The van der Waals surface area contributed by atoms with E-state index in [1.165, 1.54) is 0 Å². The fourth-order valence-electron chi connectivity index (χ4n) is 2.43. The van der Waals surface area contributed by atoms with Crippen molar-refractivity contribution < 1.29 is 18.8 Å². The third-order valence-electron chi connectivity index (χ3n) is 4.55. The van der Waals surface area contributed by atoms with Crippen LogP contribution in [0.15, 0.2) is 23.7 Å². The van der Waals surface area contributed by atoms with Crippen molar-refractivity contribution in [3.8, 4) is 5.75 Å². The van der Waals surface area contributed by atoms with Crippen LogP contribution in [0.1, 0.15) is 50.5 Å². The molecule has 1 aromatic carbocycles. The van der Waals surface area contributed by atoms with Crippen LogP contribution in [0.25, 0.3) is 6.08 Å². The maximum Gasteiger partial charge on any atom is 0.491 e. The molecule has 0 atom stereocenters. The minimum absolute atomic E-state index is 0.396. The molecule has 0 bridgehead atoms. The van der Waals surface area contributed by atoms with Crippen LogP contribution in [0.3, 0.4) is 0 Å². The molecular weight excluding hydrogens is 323 g/mol. The van der Waals surface area contributed by atoms with Crippen molar-refractivity contribution in [1.82, 2.24) is 0 Å². The molecule has 0 radical (unpaired) electrons. The van der Waals surface area contributed by atoms with Crippen LogP contribution in [0, 0.1) is 0 Å². The Morgan fingerprint density at radius 1 is 1.25 bits per heavy atom. The van der Waals surface area contributed by atoms with E-state index >= 15 is 0 Å². The van der Waals surface area contributed by atoms with Crippen LogP contribution in [0.4, 0.5) is 0 Å². The van der Waals surface area contributed by atoms with Gasteiger partial charge in [-0.05, 0) is 57.8 Å². The molecule has 0 aromatic heterocycles. The molecule has 0 saturated carbocycles. The number of benzene rings is 1. The van der Waals surface area contributed by atoms with Crippen molar-refractivity contribution in [1.29, 1.82) is 0 Å². The molecular formula is C18H25BO4S. The normalized spacial score (nSPS) is 19.4. The van der Waals surface area contributed by atoms with Gasteiger partial charge in [-0.1, -0.05) is 12.1 Å². The van der Waals surface area contributed by atoms with Gasteiger partial charge in [-0.3, -0.25) is 4.79 Å². The summed E-state index contributed by atoms with van der Waals surface area (Å²) in [5, 5.41) is 0. The zero-order chi connectivity index (χ0) is 18.0. The number of rotatable bonds is 6. The van der Waals surface area contributed by atoms with Gasteiger partial charge in [0.1, 0.15) is 5.75 Å². The van der Waals surface area contributed by atoms with E-state index in [0.717, 1.165) is 17.3 Å². The topological polar surface area (TPSA) is 44.8 Å². The first kappa shape index (κ1) is 19.1. The van der Waals surface area contributed by atoms with Gasteiger partial charge in [0.15, 0.2) is 6.29 Å². The van der Waals surface area contributed by atoms with E-state index in [-0.39, 0.29) is 0 Å². The Balaban J connectivity index is 2.30. The first-order valence-corrected chi connectivity index (χ1v) is 8.76. The van der Waals surface area contributed by atoms with Gasteiger partial charge in [-0.15, -0.1) is 0 Å². The second-order valence-corrected chi connectivity index (χ2v) is 7.13. The molecule has 0 spiro atoms. The molecule has 0 unspecified atom stereocenters. The predicted molar refractivity (Wildman–Crippen MR) is 101 cm³/mol. The number of carbonyl (C=O) groups is 1. The highest BCUT2D eigenvalue weighted by Gasteiger charge is 2.52. The lowest BCUT2D eigenvalue weighted by molar-refractivity contribution is 0.00578. The van der Waals surface area contributed by atoms with Crippen LogP contribution in [0.5, 0.6) is 5.75 Å². The molecule has 6 heteroatoms. The minimum atomic E-state index is -0.446. The molecule has 2 rings (SSSR count). The molecule has 0 aliphatic carbocycles. The summed E-state index contributed by atoms with van der Waals surface area (Å²) in [5.41, 5.74) is 1.54. The summed E-state index contributed by atoms with van der Waals surface area (Å²) in [7, 11) is -0.446. The molecule has 1 aliphatic heterocycles. The van der Waals surface area contributed by atoms with Gasteiger partial charge in [0.05, 0.1) is 23.4 Å². The van der Waals surface area contributed by atoms with Crippen LogP contribution in [-0.2, 0) is 9.31 Å². The van der Waals surface area contributed by atoms with Crippen LogP contribution >= 0.6 is 12.6 Å². The van der Waals surface area contributed by atoms with Gasteiger partial charge in [-0.25, -0.2) is 0 Å². The van der Waals surface area contributed by atoms with Crippen LogP contribution in [0.2, 0.25) is 0 Å². The smallest absolute Gasteiger partial charge is 0.491 e. The lowest BCUT2D eigenvalue weighted by atomic mass is 9.78. The Bertz CT molecular complexity index is 624. The second-order valence-electron chi connectivity index (χ2n) is 6.81. The van der Waals surface area contributed by atoms with Gasteiger partial charge in [0, 0.05) is 5.75 Å². The highest BCUT2D eigenvalue weighted by molar-refractivity contribution is 7.80. The molecule has 4 nitrogen and oxygen atoms in total. The fourth-order valence-corrected chi connectivity index (χ4v) is 2.67. The van der Waals surface area contributed by atoms with E-state index in [0.29, 0.717) is 23.7 Å². The third kappa shape index (κ3) is 3.87. The number of thiol groups is 1. The molecule has 1 fully saturated rings. The molecule has 130 valence electrons. The maximum atomic E-state index is 11.3. The van der Waals surface area contributed by atoms with Crippen LogP contribution in [-0.4, -0.2) is 37.0 Å². The minimum Gasteiger partial charge on any atom is -0.493 e. The highest BCUT2D eigenvalue weighted by Crippen LogP contribution is 2.39. The predicted octanol–water partition coefficient (Wildman–Crippen LogP) is 3.84. The van der Waals surface area contributed by atoms with Gasteiger partial charge in [-0.2, -0.15) is 12.6 Å². The summed E-state index contributed by atoms with van der Waals surface area (Å²) < 4.78 is 17.6. The van der Waals surface area contributed by atoms with Gasteiger partial charge >= 0.3 is 7.12 Å². The monoisotopic (exact) mass is 348 g/mol. The summed E-state index contributed by atoms with van der Waals surface area (Å²) in [6, 6.07) is 5.51.